The number of halogens is 2. The number of ether oxygens (including phenoxy) is 1. The third kappa shape index (κ3) is 5.12. The molecular weight excluding hydrogens is 431 g/mol. The summed E-state index contributed by atoms with van der Waals surface area (Å²) in [5.74, 6) is -0.567. The first-order chi connectivity index (χ1) is 14.8. The van der Waals surface area contributed by atoms with Gasteiger partial charge in [-0.2, -0.15) is 5.26 Å². The van der Waals surface area contributed by atoms with Gasteiger partial charge in [-0.25, -0.2) is 4.79 Å². The molecule has 3 aromatic rings. The average molecular weight is 455 g/mol. The largest absolute Gasteiger partial charge is 0.462 e. The van der Waals surface area contributed by atoms with E-state index in [2.05, 4.69) is 24.5 Å². The van der Waals surface area contributed by atoms with Crippen molar-refractivity contribution in [3.05, 3.63) is 92.7 Å². The number of benzene rings is 2. The highest BCUT2D eigenvalue weighted by atomic mass is 35.5. The van der Waals surface area contributed by atoms with Crippen LogP contribution in [-0.2, 0) is 11.2 Å². The van der Waals surface area contributed by atoms with Crippen molar-refractivity contribution in [3.63, 3.8) is 0 Å². The molecule has 4 nitrogen and oxygen atoms in total. The molecule has 0 saturated heterocycles. The molecule has 0 aliphatic carbocycles. The minimum atomic E-state index is -0.359. The molecule has 0 saturated carbocycles. The van der Waals surface area contributed by atoms with Gasteiger partial charge in [-0.05, 0) is 74.7 Å². The summed E-state index contributed by atoms with van der Waals surface area (Å²) in [4.78, 5) is 12.8. The van der Waals surface area contributed by atoms with E-state index in [1.54, 1.807) is 25.1 Å². The SMILES string of the molecule is CCOC(=O)c1ccn(C(C)C)c1C(Cc1cc(Cl)ccc1C#N)c1ccc(Cl)cc1. The molecule has 1 heterocycles. The quantitative estimate of drug-likeness (QED) is 0.368. The molecule has 1 unspecified atom stereocenters. The summed E-state index contributed by atoms with van der Waals surface area (Å²) in [6.45, 7) is 6.22. The molecular formula is C25H24Cl2N2O2. The normalized spacial score (nSPS) is 11.9. The maximum Gasteiger partial charge on any atom is 0.339 e. The zero-order valence-corrected chi connectivity index (χ0v) is 19.2. The Hall–Kier alpha value is -2.74. The fraction of sp³-hybridized carbons (Fsp3) is 0.280. The van der Waals surface area contributed by atoms with E-state index in [4.69, 9.17) is 27.9 Å². The van der Waals surface area contributed by atoms with Gasteiger partial charge in [0.1, 0.15) is 0 Å². The van der Waals surface area contributed by atoms with Crippen LogP contribution in [0.5, 0.6) is 0 Å². The Balaban J connectivity index is 2.22. The number of hydrogen-bond acceptors (Lipinski definition) is 3. The molecule has 0 bridgehead atoms. The fourth-order valence-electron chi connectivity index (χ4n) is 3.79. The number of aromatic nitrogens is 1. The minimum Gasteiger partial charge on any atom is -0.462 e. The Labute approximate surface area is 193 Å². The van der Waals surface area contributed by atoms with Crippen molar-refractivity contribution < 1.29 is 9.53 Å². The molecule has 0 fully saturated rings. The zero-order valence-electron chi connectivity index (χ0n) is 17.7. The predicted molar refractivity (Wildman–Crippen MR) is 124 cm³/mol. The molecule has 3 rings (SSSR count). The molecule has 0 aliphatic heterocycles. The first kappa shape index (κ1) is 22.9. The summed E-state index contributed by atoms with van der Waals surface area (Å²) in [7, 11) is 0. The molecule has 160 valence electrons. The van der Waals surface area contributed by atoms with Crippen molar-refractivity contribution in [2.24, 2.45) is 0 Å². The van der Waals surface area contributed by atoms with Crippen LogP contribution in [0.4, 0.5) is 0 Å². The highest BCUT2D eigenvalue weighted by Crippen LogP contribution is 2.35. The van der Waals surface area contributed by atoms with Crippen LogP contribution < -0.4 is 0 Å². The van der Waals surface area contributed by atoms with Gasteiger partial charge in [0.05, 0.1) is 23.8 Å². The third-order valence-electron chi connectivity index (χ3n) is 5.22. The molecule has 2 aromatic carbocycles. The van der Waals surface area contributed by atoms with Crippen LogP contribution in [0.3, 0.4) is 0 Å². The summed E-state index contributed by atoms with van der Waals surface area (Å²) in [5.41, 5.74) is 3.74. The lowest BCUT2D eigenvalue weighted by atomic mass is 9.86. The van der Waals surface area contributed by atoms with Crippen LogP contribution in [-0.4, -0.2) is 17.1 Å². The van der Waals surface area contributed by atoms with Gasteiger partial charge in [0.25, 0.3) is 0 Å². The molecule has 0 radical (unpaired) electrons. The van der Waals surface area contributed by atoms with Crippen molar-refractivity contribution in [1.82, 2.24) is 4.57 Å². The van der Waals surface area contributed by atoms with Gasteiger partial charge in [-0.3, -0.25) is 0 Å². The van der Waals surface area contributed by atoms with Crippen molar-refractivity contribution in [3.8, 4) is 6.07 Å². The molecule has 0 amide bonds. The van der Waals surface area contributed by atoms with E-state index >= 15 is 0 Å². The molecule has 0 spiro atoms. The number of hydrogen-bond donors (Lipinski definition) is 0. The smallest absolute Gasteiger partial charge is 0.339 e. The molecule has 0 aliphatic rings. The van der Waals surface area contributed by atoms with Gasteiger partial charge in [0.15, 0.2) is 0 Å². The molecule has 1 aromatic heterocycles. The van der Waals surface area contributed by atoms with Crippen LogP contribution in [0.1, 0.15) is 65.5 Å². The van der Waals surface area contributed by atoms with Crippen LogP contribution >= 0.6 is 23.2 Å². The van der Waals surface area contributed by atoms with E-state index in [0.29, 0.717) is 34.2 Å². The van der Waals surface area contributed by atoms with Crippen LogP contribution in [0, 0.1) is 11.3 Å². The number of nitriles is 1. The third-order valence-corrected chi connectivity index (χ3v) is 5.71. The minimum absolute atomic E-state index is 0.128. The molecule has 0 N–H and O–H groups in total. The number of carbonyl (C=O) groups is 1. The first-order valence-corrected chi connectivity index (χ1v) is 10.9. The topological polar surface area (TPSA) is 55.0 Å². The van der Waals surface area contributed by atoms with E-state index in [-0.39, 0.29) is 17.9 Å². The summed E-state index contributed by atoms with van der Waals surface area (Å²) < 4.78 is 7.42. The number of carbonyl (C=O) groups excluding carboxylic acids is 1. The van der Waals surface area contributed by atoms with Crippen LogP contribution in [0.25, 0.3) is 0 Å². The zero-order chi connectivity index (χ0) is 22.5. The average Bonchev–Trinajstić information content (AvgIpc) is 3.18. The van der Waals surface area contributed by atoms with E-state index < -0.39 is 0 Å². The summed E-state index contributed by atoms with van der Waals surface area (Å²) >= 11 is 12.4. The monoisotopic (exact) mass is 454 g/mol. The van der Waals surface area contributed by atoms with E-state index in [9.17, 15) is 10.1 Å². The molecule has 1 atom stereocenters. The van der Waals surface area contributed by atoms with Crippen molar-refractivity contribution >= 4 is 29.2 Å². The second-order valence-electron chi connectivity index (χ2n) is 7.56. The summed E-state index contributed by atoms with van der Waals surface area (Å²) in [6.07, 6.45) is 2.41. The first-order valence-electron chi connectivity index (χ1n) is 10.2. The molecule has 31 heavy (non-hydrogen) atoms. The van der Waals surface area contributed by atoms with Crippen LogP contribution in [0.2, 0.25) is 10.0 Å². The predicted octanol–water partition coefficient (Wildman–Crippen LogP) is 6.80. The number of rotatable bonds is 7. The fourth-order valence-corrected chi connectivity index (χ4v) is 4.11. The van der Waals surface area contributed by atoms with Gasteiger partial charge >= 0.3 is 5.97 Å². The second kappa shape index (κ2) is 10.0. The Morgan fingerprint density at radius 1 is 1.10 bits per heavy atom. The van der Waals surface area contributed by atoms with Crippen molar-refractivity contribution in [2.45, 2.75) is 39.2 Å². The lowest BCUT2D eigenvalue weighted by Crippen LogP contribution is -2.18. The van der Waals surface area contributed by atoms with Gasteiger partial charge in [-0.15, -0.1) is 0 Å². The maximum atomic E-state index is 12.8. The Morgan fingerprint density at radius 3 is 2.39 bits per heavy atom. The van der Waals surface area contributed by atoms with Crippen LogP contribution in [0.15, 0.2) is 54.7 Å². The standard InChI is InChI=1S/C25H24Cl2N2O2/c1-4-31-25(30)22-11-12-29(16(2)3)24(22)23(17-5-8-20(26)9-6-17)14-19-13-21(27)10-7-18(19)15-28/h5-13,16,23H,4,14H2,1-3H3. The number of esters is 1. The summed E-state index contributed by atoms with van der Waals surface area (Å²) in [6, 6.07) is 17.0. The second-order valence-corrected chi connectivity index (χ2v) is 8.43. The van der Waals surface area contributed by atoms with Gasteiger partial charge in [-0.1, -0.05) is 35.3 Å². The van der Waals surface area contributed by atoms with Crippen molar-refractivity contribution in [2.75, 3.05) is 6.61 Å². The highest BCUT2D eigenvalue weighted by molar-refractivity contribution is 6.30. The Bertz CT molecular complexity index is 1110. The van der Waals surface area contributed by atoms with E-state index in [1.165, 1.54) is 0 Å². The van der Waals surface area contributed by atoms with Crippen molar-refractivity contribution in [1.29, 1.82) is 5.26 Å². The lowest BCUT2D eigenvalue weighted by Gasteiger charge is -2.24. The Kier molecular flexibility index (Phi) is 7.43. The lowest BCUT2D eigenvalue weighted by molar-refractivity contribution is 0.0524. The van der Waals surface area contributed by atoms with Gasteiger partial charge in [0.2, 0.25) is 0 Å². The maximum absolute atomic E-state index is 12.8. The number of nitrogens with zero attached hydrogens (tertiary/aromatic N) is 2. The van der Waals surface area contributed by atoms with E-state index in [1.807, 2.05) is 36.5 Å². The van der Waals surface area contributed by atoms with Gasteiger partial charge in [0, 0.05) is 33.9 Å². The Morgan fingerprint density at radius 2 is 1.77 bits per heavy atom. The summed E-state index contributed by atoms with van der Waals surface area (Å²) in [5, 5.41) is 10.8. The van der Waals surface area contributed by atoms with E-state index in [0.717, 1.165) is 16.8 Å². The highest BCUT2D eigenvalue weighted by Gasteiger charge is 2.28. The molecule has 6 heteroatoms. The van der Waals surface area contributed by atoms with Gasteiger partial charge < -0.3 is 9.30 Å².